The highest BCUT2D eigenvalue weighted by atomic mass is 28.3. The molecule has 0 atom stereocenters. The molecule has 1 aromatic carbocycles. The number of ether oxygens (including phenoxy) is 1. The molecule has 0 saturated heterocycles. The van der Waals surface area contributed by atoms with E-state index >= 15 is 0 Å². The number of rotatable bonds is 4. The minimum Gasteiger partial charge on any atom is -0.462 e. The molecule has 0 bridgehead atoms. The van der Waals surface area contributed by atoms with Crippen molar-refractivity contribution in [2.45, 2.75) is 26.6 Å². The van der Waals surface area contributed by atoms with Crippen LogP contribution in [0.15, 0.2) is 24.3 Å². The zero-order valence-corrected chi connectivity index (χ0v) is 11.7. The molecule has 92 valence electrons. The van der Waals surface area contributed by atoms with Crippen molar-refractivity contribution in [3.05, 3.63) is 35.4 Å². The first-order valence-corrected chi connectivity index (χ1v) is 9.19. The first-order chi connectivity index (χ1) is 7.88. The summed E-state index contributed by atoms with van der Waals surface area (Å²) in [6.07, 6.45) is 0. The van der Waals surface area contributed by atoms with Gasteiger partial charge in [-0.15, -0.1) is 0 Å². The van der Waals surface area contributed by atoms with Gasteiger partial charge < -0.3 is 9.53 Å². The molecule has 1 rings (SSSR count). The quantitative estimate of drug-likeness (QED) is 0.609. The SMILES string of the molecule is CCOC(=O)c1ccccc1C(=O)[Si](C)(C)C. The molecular formula is C13H18O3Si. The van der Waals surface area contributed by atoms with Crippen molar-refractivity contribution >= 4 is 19.4 Å². The van der Waals surface area contributed by atoms with E-state index in [4.69, 9.17) is 4.74 Å². The summed E-state index contributed by atoms with van der Waals surface area (Å²) in [5.41, 5.74) is 0.867. The van der Waals surface area contributed by atoms with Crippen LogP contribution in [0.4, 0.5) is 0 Å². The van der Waals surface area contributed by atoms with E-state index in [2.05, 4.69) is 0 Å². The van der Waals surface area contributed by atoms with Crippen LogP contribution in [0.5, 0.6) is 0 Å². The Bertz CT molecular complexity index is 433. The van der Waals surface area contributed by atoms with Crippen molar-refractivity contribution in [2.24, 2.45) is 0 Å². The van der Waals surface area contributed by atoms with Crippen LogP contribution >= 0.6 is 0 Å². The fraction of sp³-hybridized carbons (Fsp3) is 0.385. The average Bonchev–Trinajstić information content (AvgIpc) is 2.27. The Morgan fingerprint density at radius 3 is 2.12 bits per heavy atom. The molecule has 4 heteroatoms. The molecule has 0 aliphatic rings. The maximum atomic E-state index is 12.2. The third kappa shape index (κ3) is 3.26. The van der Waals surface area contributed by atoms with Crippen molar-refractivity contribution in [1.82, 2.24) is 0 Å². The molecule has 3 nitrogen and oxygen atoms in total. The van der Waals surface area contributed by atoms with Gasteiger partial charge in [0.25, 0.3) is 0 Å². The molecule has 0 aliphatic heterocycles. The van der Waals surface area contributed by atoms with E-state index in [0.717, 1.165) is 0 Å². The zero-order chi connectivity index (χ0) is 13.1. The standard InChI is InChI=1S/C13H18O3Si/c1-5-16-12(14)10-8-6-7-9-11(10)13(15)17(2,3)4/h6-9H,5H2,1-4H3. The number of hydrogen-bond acceptors (Lipinski definition) is 3. The van der Waals surface area contributed by atoms with E-state index in [1.807, 2.05) is 19.6 Å². The molecule has 0 heterocycles. The van der Waals surface area contributed by atoms with E-state index in [9.17, 15) is 9.59 Å². The molecule has 0 saturated carbocycles. The summed E-state index contributed by atoms with van der Waals surface area (Å²) in [5, 5.41) is 0.0844. The monoisotopic (exact) mass is 250 g/mol. The maximum absolute atomic E-state index is 12.2. The molecule has 0 aliphatic carbocycles. The molecule has 17 heavy (non-hydrogen) atoms. The highest BCUT2D eigenvalue weighted by Crippen LogP contribution is 2.17. The van der Waals surface area contributed by atoms with Gasteiger partial charge in [0.1, 0.15) is 13.5 Å². The second-order valence-electron chi connectivity index (χ2n) is 4.85. The van der Waals surface area contributed by atoms with Crippen molar-refractivity contribution in [3.8, 4) is 0 Å². The Balaban J connectivity index is 3.17. The summed E-state index contributed by atoms with van der Waals surface area (Å²) in [6.45, 7) is 7.97. The van der Waals surface area contributed by atoms with Crippen molar-refractivity contribution in [3.63, 3.8) is 0 Å². The fourth-order valence-corrected chi connectivity index (χ4v) is 2.50. The lowest BCUT2D eigenvalue weighted by atomic mass is 10.1. The van der Waals surface area contributed by atoms with Gasteiger partial charge >= 0.3 is 5.97 Å². The predicted molar refractivity (Wildman–Crippen MR) is 70.1 cm³/mol. The van der Waals surface area contributed by atoms with Gasteiger partial charge in [0, 0.05) is 5.56 Å². The molecule has 0 N–H and O–H groups in total. The van der Waals surface area contributed by atoms with Gasteiger partial charge in [0.15, 0.2) is 0 Å². The lowest BCUT2D eigenvalue weighted by molar-refractivity contribution is 0.0524. The number of benzene rings is 1. The maximum Gasteiger partial charge on any atom is 0.338 e. The second kappa shape index (κ2) is 5.27. The summed E-state index contributed by atoms with van der Waals surface area (Å²) in [7, 11) is -1.95. The van der Waals surface area contributed by atoms with Crippen molar-refractivity contribution < 1.29 is 14.3 Å². The van der Waals surface area contributed by atoms with Crippen LogP contribution in [-0.2, 0) is 4.74 Å². The van der Waals surface area contributed by atoms with Gasteiger partial charge in [0.05, 0.1) is 12.2 Å². The highest BCUT2D eigenvalue weighted by molar-refractivity contribution is 7.05. The van der Waals surface area contributed by atoms with Crippen LogP contribution in [0.1, 0.15) is 27.6 Å². The first kappa shape index (κ1) is 13.6. The summed E-state index contributed by atoms with van der Waals surface area (Å²) in [6, 6.07) is 6.86. The largest absolute Gasteiger partial charge is 0.462 e. The number of carbonyl (C=O) groups excluding carboxylic acids is 2. The topological polar surface area (TPSA) is 43.4 Å². The summed E-state index contributed by atoms with van der Waals surface area (Å²) >= 11 is 0. The summed E-state index contributed by atoms with van der Waals surface area (Å²) in [5.74, 6) is -0.422. The van der Waals surface area contributed by atoms with Gasteiger partial charge in [-0.25, -0.2) is 4.79 Å². The normalized spacial score (nSPS) is 11.1. The molecule has 0 unspecified atom stereocenters. The second-order valence-corrected chi connectivity index (χ2v) is 9.80. The van der Waals surface area contributed by atoms with Crippen LogP contribution in [0.25, 0.3) is 0 Å². The Labute approximate surface area is 103 Å². The van der Waals surface area contributed by atoms with Gasteiger partial charge in [-0.3, -0.25) is 0 Å². The minimum absolute atomic E-state index is 0.0844. The van der Waals surface area contributed by atoms with E-state index < -0.39 is 14.0 Å². The van der Waals surface area contributed by atoms with Gasteiger partial charge in [-0.2, -0.15) is 0 Å². The summed E-state index contributed by atoms with van der Waals surface area (Å²) in [4.78, 5) is 24.0. The number of esters is 1. The molecule has 0 aromatic heterocycles. The van der Waals surface area contributed by atoms with E-state index in [0.29, 0.717) is 17.7 Å². The first-order valence-electron chi connectivity index (χ1n) is 5.69. The third-order valence-electron chi connectivity index (χ3n) is 2.35. The lowest BCUT2D eigenvalue weighted by Gasteiger charge is -2.16. The number of carbonyl (C=O) groups is 2. The number of hydrogen-bond donors (Lipinski definition) is 0. The van der Waals surface area contributed by atoms with Crippen LogP contribution in [0.2, 0.25) is 19.6 Å². The highest BCUT2D eigenvalue weighted by Gasteiger charge is 2.28. The van der Waals surface area contributed by atoms with Gasteiger partial charge in [0.2, 0.25) is 0 Å². The van der Waals surface area contributed by atoms with Gasteiger partial charge in [-0.1, -0.05) is 37.8 Å². The lowest BCUT2D eigenvalue weighted by Crippen LogP contribution is -2.34. The Morgan fingerprint density at radius 2 is 1.65 bits per heavy atom. The van der Waals surface area contributed by atoms with Crippen LogP contribution in [-0.4, -0.2) is 26.1 Å². The molecule has 0 spiro atoms. The predicted octanol–water partition coefficient (Wildman–Crippen LogP) is 2.92. The van der Waals surface area contributed by atoms with Crippen LogP contribution in [0, 0.1) is 0 Å². The van der Waals surface area contributed by atoms with Crippen LogP contribution < -0.4 is 0 Å². The van der Waals surface area contributed by atoms with Crippen LogP contribution in [0.3, 0.4) is 0 Å². The van der Waals surface area contributed by atoms with E-state index in [-0.39, 0.29) is 5.41 Å². The Morgan fingerprint density at radius 1 is 1.12 bits per heavy atom. The molecular weight excluding hydrogens is 232 g/mol. The summed E-state index contributed by atoms with van der Waals surface area (Å²) < 4.78 is 4.96. The average molecular weight is 250 g/mol. The molecule has 1 aromatic rings. The van der Waals surface area contributed by atoms with Crippen molar-refractivity contribution in [1.29, 1.82) is 0 Å². The molecule has 0 radical (unpaired) electrons. The van der Waals surface area contributed by atoms with E-state index in [1.54, 1.807) is 31.2 Å². The smallest absolute Gasteiger partial charge is 0.338 e. The van der Waals surface area contributed by atoms with E-state index in [1.165, 1.54) is 0 Å². The zero-order valence-electron chi connectivity index (χ0n) is 10.7. The third-order valence-corrected chi connectivity index (χ3v) is 3.98. The van der Waals surface area contributed by atoms with Crippen molar-refractivity contribution in [2.75, 3.05) is 6.61 Å². The minimum atomic E-state index is -1.95. The molecule has 0 amide bonds. The fourth-order valence-electron chi connectivity index (χ4n) is 1.47. The molecule has 0 fully saturated rings. The Kier molecular flexibility index (Phi) is 4.23. The van der Waals surface area contributed by atoms with Gasteiger partial charge in [-0.05, 0) is 13.0 Å². The Hall–Kier alpha value is -1.42.